The lowest BCUT2D eigenvalue weighted by molar-refractivity contribution is 0.350. The topological polar surface area (TPSA) is 97.5 Å². The molecule has 0 aliphatic heterocycles. The first-order valence-electron chi connectivity index (χ1n) is 6.42. The molecule has 0 aliphatic carbocycles. The minimum Gasteiger partial charge on any atom is -0.493 e. The number of aromatic nitrogens is 1. The molecule has 1 aromatic heterocycles. The van der Waals surface area contributed by atoms with Crippen LogP contribution in [0.2, 0.25) is 0 Å². The summed E-state index contributed by atoms with van der Waals surface area (Å²) in [5.74, 6) is -0.839. The highest BCUT2D eigenvalue weighted by atomic mass is 32.2. The standard InChI is InChI=1S/C14H15FN2O5S/c1-8-4-14(18)16-7-10(8)17-23(19,20)13-6-12(22-3)11(21-2)5-9(13)15/h4-7,17H,1-3H3,(H,16,18). The number of halogens is 1. The Morgan fingerprint density at radius 1 is 1.13 bits per heavy atom. The van der Waals surface area contributed by atoms with Gasteiger partial charge in [0.1, 0.15) is 10.7 Å². The summed E-state index contributed by atoms with van der Waals surface area (Å²) in [6.07, 6.45) is 1.20. The summed E-state index contributed by atoms with van der Waals surface area (Å²) in [6, 6.07) is 3.17. The summed E-state index contributed by atoms with van der Waals surface area (Å²) >= 11 is 0. The van der Waals surface area contributed by atoms with E-state index in [1.54, 1.807) is 6.92 Å². The van der Waals surface area contributed by atoms with E-state index in [0.717, 1.165) is 12.1 Å². The third kappa shape index (κ3) is 3.45. The van der Waals surface area contributed by atoms with Gasteiger partial charge < -0.3 is 14.5 Å². The van der Waals surface area contributed by atoms with E-state index in [2.05, 4.69) is 9.71 Å². The van der Waals surface area contributed by atoms with Gasteiger partial charge in [-0.3, -0.25) is 9.52 Å². The number of aromatic amines is 1. The van der Waals surface area contributed by atoms with Gasteiger partial charge in [0, 0.05) is 24.4 Å². The number of ether oxygens (including phenoxy) is 2. The molecule has 0 spiro atoms. The summed E-state index contributed by atoms with van der Waals surface area (Å²) in [4.78, 5) is 12.9. The van der Waals surface area contributed by atoms with Gasteiger partial charge in [0.25, 0.3) is 10.0 Å². The molecule has 0 aliphatic rings. The van der Waals surface area contributed by atoms with Crippen molar-refractivity contribution < 1.29 is 22.3 Å². The lowest BCUT2D eigenvalue weighted by Gasteiger charge is -2.13. The molecule has 124 valence electrons. The van der Waals surface area contributed by atoms with E-state index in [4.69, 9.17) is 9.47 Å². The molecule has 0 saturated heterocycles. The third-order valence-electron chi connectivity index (χ3n) is 3.10. The van der Waals surface area contributed by atoms with E-state index in [1.807, 2.05) is 0 Å². The van der Waals surface area contributed by atoms with Crippen LogP contribution in [0.4, 0.5) is 10.1 Å². The fourth-order valence-electron chi connectivity index (χ4n) is 1.92. The molecule has 9 heteroatoms. The summed E-state index contributed by atoms with van der Waals surface area (Å²) in [5, 5.41) is 0. The van der Waals surface area contributed by atoms with Crippen LogP contribution in [-0.4, -0.2) is 27.6 Å². The van der Waals surface area contributed by atoms with Gasteiger partial charge in [0.2, 0.25) is 5.56 Å². The normalized spacial score (nSPS) is 11.1. The van der Waals surface area contributed by atoms with Crippen LogP contribution < -0.4 is 19.8 Å². The van der Waals surface area contributed by atoms with Crippen LogP contribution >= 0.6 is 0 Å². The van der Waals surface area contributed by atoms with Crippen LogP contribution in [0, 0.1) is 12.7 Å². The van der Waals surface area contributed by atoms with Crippen molar-refractivity contribution in [1.29, 1.82) is 0 Å². The zero-order valence-corrected chi connectivity index (χ0v) is 13.5. The first kappa shape index (κ1) is 16.8. The highest BCUT2D eigenvalue weighted by Gasteiger charge is 2.23. The number of hydrogen-bond acceptors (Lipinski definition) is 5. The highest BCUT2D eigenvalue weighted by Crippen LogP contribution is 2.32. The molecule has 0 saturated carbocycles. The Bertz CT molecular complexity index is 893. The lowest BCUT2D eigenvalue weighted by Crippen LogP contribution is -2.17. The van der Waals surface area contributed by atoms with E-state index >= 15 is 0 Å². The van der Waals surface area contributed by atoms with E-state index < -0.39 is 20.7 Å². The number of methoxy groups -OCH3 is 2. The van der Waals surface area contributed by atoms with Crippen molar-refractivity contribution in [3.63, 3.8) is 0 Å². The molecule has 2 aromatic rings. The first-order chi connectivity index (χ1) is 10.8. The molecule has 7 nitrogen and oxygen atoms in total. The Kier molecular flexibility index (Phi) is 4.60. The van der Waals surface area contributed by atoms with Gasteiger partial charge in [-0.15, -0.1) is 0 Å². The van der Waals surface area contributed by atoms with Gasteiger partial charge in [-0.05, 0) is 12.5 Å². The minimum absolute atomic E-state index is 0.0733. The molecule has 1 aromatic carbocycles. The van der Waals surface area contributed by atoms with Crippen molar-refractivity contribution in [3.8, 4) is 11.5 Å². The molecular weight excluding hydrogens is 327 g/mol. The molecule has 2 rings (SSSR count). The molecule has 0 radical (unpaired) electrons. The van der Waals surface area contributed by atoms with Crippen LogP contribution in [0.5, 0.6) is 11.5 Å². The lowest BCUT2D eigenvalue weighted by atomic mass is 10.3. The Morgan fingerprint density at radius 2 is 1.74 bits per heavy atom. The largest absolute Gasteiger partial charge is 0.493 e. The second-order valence-corrected chi connectivity index (χ2v) is 6.29. The fourth-order valence-corrected chi connectivity index (χ4v) is 3.12. The highest BCUT2D eigenvalue weighted by molar-refractivity contribution is 7.92. The molecule has 0 atom stereocenters. The van der Waals surface area contributed by atoms with Crippen molar-refractivity contribution in [2.24, 2.45) is 0 Å². The predicted octanol–water partition coefficient (Wildman–Crippen LogP) is 1.64. The Labute approximate surface area is 132 Å². The maximum atomic E-state index is 14.1. The van der Waals surface area contributed by atoms with Gasteiger partial charge >= 0.3 is 0 Å². The summed E-state index contributed by atoms with van der Waals surface area (Å²) in [6.45, 7) is 1.55. The number of rotatable bonds is 5. The molecule has 2 N–H and O–H groups in total. The van der Waals surface area contributed by atoms with Gasteiger partial charge in [-0.2, -0.15) is 0 Å². The van der Waals surface area contributed by atoms with Crippen LogP contribution in [-0.2, 0) is 10.0 Å². The summed E-state index contributed by atoms with van der Waals surface area (Å²) in [5.41, 5.74) is 0.166. The minimum atomic E-state index is -4.22. The van der Waals surface area contributed by atoms with Crippen LogP contribution in [0.3, 0.4) is 0 Å². The molecule has 0 fully saturated rings. The van der Waals surface area contributed by atoms with Crippen molar-refractivity contribution in [2.75, 3.05) is 18.9 Å². The predicted molar refractivity (Wildman–Crippen MR) is 82.1 cm³/mol. The van der Waals surface area contributed by atoms with E-state index in [9.17, 15) is 17.6 Å². The number of nitrogens with one attached hydrogen (secondary N) is 2. The number of sulfonamides is 1. The third-order valence-corrected chi connectivity index (χ3v) is 4.48. The maximum absolute atomic E-state index is 14.1. The summed E-state index contributed by atoms with van der Waals surface area (Å²) in [7, 11) is -1.60. The monoisotopic (exact) mass is 342 g/mol. The molecule has 0 amide bonds. The SMILES string of the molecule is COc1cc(F)c(S(=O)(=O)Nc2c[nH]c(=O)cc2C)cc1OC. The molecular formula is C14H15FN2O5S. The number of hydrogen-bond donors (Lipinski definition) is 2. The molecule has 0 bridgehead atoms. The zero-order chi connectivity index (χ0) is 17.2. The smallest absolute Gasteiger partial charge is 0.265 e. The van der Waals surface area contributed by atoms with Crippen molar-refractivity contribution in [1.82, 2.24) is 4.98 Å². The van der Waals surface area contributed by atoms with Gasteiger partial charge in [0.15, 0.2) is 11.5 Å². The maximum Gasteiger partial charge on any atom is 0.265 e. The number of H-pyrrole nitrogens is 1. The van der Waals surface area contributed by atoms with Gasteiger partial charge in [0.05, 0.1) is 19.9 Å². The Balaban J connectivity index is 2.49. The Morgan fingerprint density at radius 3 is 2.30 bits per heavy atom. The molecule has 0 unspecified atom stereocenters. The first-order valence-corrected chi connectivity index (χ1v) is 7.90. The van der Waals surface area contributed by atoms with Crippen LogP contribution in [0.25, 0.3) is 0 Å². The summed E-state index contributed by atoms with van der Waals surface area (Å²) < 4.78 is 51.0. The van der Waals surface area contributed by atoms with Gasteiger partial charge in [-0.25, -0.2) is 12.8 Å². The van der Waals surface area contributed by atoms with E-state index in [1.165, 1.54) is 26.5 Å². The van der Waals surface area contributed by atoms with Gasteiger partial charge in [-0.1, -0.05) is 0 Å². The Hall–Kier alpha value is -2.55. The number of benzene rings is 1. The fraction of sp³-hybridized carbons (Fsp3) is 0.214. The van der Waals surface area contributed by atoms with E-state index in [-0.39, 0.29) is 22.7 Å². The molecule has 23 heavy (non-hydrogen) atoms. The average molecular weight is 342 g/mol. The number of anilines is 1. The average Bonchev–Trinajstić information content (AvgIpc) is 2.49. The van der Waals surface area contributed by atoms with E-state index in [0.29, 0.717) is 5.56 Å². The number of pyridine rings is 1. The number of aryl methyl sites for hydroxylation is 1. The quantitative estimate of drug-likeness (QED) is 0.861. The molecule has 1 heterocycles. The van der Waals surface area contributed by atoms with Crippen LogP contribution in [0.1, 0.15) is 5.56 Å². The van der Waals surface area contributed by atoms with Crippen molar-refractivity contribution in [2.45, 2.75) is 11.8 Å². The van der Waals surface area contributed by atoms with Crippen molar-refractivity contribution >= 4 is 15.7 Å². The van der Waals surface area contributed by atoms with Crippen LogP contribution in [0.15, 0.2) is 34.1 Å². The zero-order valence-electron chi connectivity index (χ0n) is 12.6. The van der Waals surface area contributed by atoms with Crippen molar-refractivity contribution in [3.05, 3.63) is 46.1 Å². The second kappa shape index (κ2) is 6.29. The second-order valence-electron chi connectivity index (χ2n) is 4.64.